The lowest BCUT2D eigenvalue weighted by Gasteiger charge is -2.22. The van der Waals surface area contributed by atoms with Crippen molar-refractivity contribution in [1.82, 2.24) is 9.55 Å². The van der Waals surface area contributed by atoms with Crippen LogP contribution in [0.5, 0.6) is 0 Å². The Balaban J connectivity index is 1.86. The number of nitrogens with one attached hydrogen (secondary N) is 2. The van der Waals surface area contributed by atoms with E-state index in [-0.39, 0.29) is 18.4 Å². The number of fused-ring (bicyclic) bond motifs is 1. The molecular formula is C25H30N6O3. The summed E-state index contributed by atoms with van der Waals surface area (Å²) in [5.41, 5.74) is 3.19. The van der Waals surface area contributed by atoms with Crippen LogP contribution in [0.15, 0.2) is 42.5 Å². The Morgan fingerprint density at radius 1 is 1.15 bits per heavy atom. The molecule has 0 aliphatic heterocycles. The molecule has 1 heterocycles. The predicted octanol–water partition coefficient (Wildman–Crippen LogP) is 4.33. The number of anilines is 3. The van der Waals surface area contributed by atoms with E-state index in [1.54, 1.807) is 36.2 Å². The molecule has 178 valence electrons. The number of aromatic nitrogens is 2. The molecule has 0 atom stereocenters. The molecule has 0 aliphatic carbocycles. The molecule has 0 saturated carbocycles. The Hall–Kier alpha value is -3.90. The highest BCUT2D eigenvalue weighted by Crippen LogP contribution is 2.27. The summed E-state index contributed by atoms with van der Waals surface area (Å²) in [6.07, 6.45) is 2.05. The van der Waals surface area contributed by atoms with Crippen LogP contribution in [-0.2, 0) is 11.3 Å². The van der Waals surface area contributed by atoms with E-state index in [1.807, 2.05) is 42.7 Å². The van der Waals surface area contributed by atoms with Crippen molar-refractivity contribution in [2.45, 2.75) is 39.7 Å². The van der Waals surface area contributed by atoms with Crippen LogP contribution in [0.25, 0.3) is 11.0 Å². The van der Waals surface area contributed by atoms with Crippen LogP contribution in [0, 0.1) is 17.2 Å². The molecule has 0 aliphatic rings. The van der Waals surface area contributed by atoms with Crippen LogP contribution < -0.4 is 15.5 Å². The topological polar surface area (TPSA) is 123 Å². The van der Waals surface area contributed by atoms with Gasteiger partial charge in [-0.1, -0.05) is 13.8 Å². The van der Waals surface area contributed by atoms with Gasteiger partial charge in [-0.05, 0) is 61.7 Å². The van der Waals surface area contributed by atoms with E-state index < -0.39 is 6.03 Å². The first-order valence-corrected chi connectivity index (χ1v) is 11.4. The predicted molar refractivity (Wildman–Crippen MR) is 133 cm³/mol. The number of amides is 3. The zero-order valence-corrected chi connectivity index (χ0v) is 19.7. The van der Waals surface area contributed by atoms with Crippen molar-refractivity contribution < 1.29 is 14.7 Å². The number of carbonyl (C=O) groups is 2. The number of aliphatic hydroxyl groups is 1. The van der Waals surface area contributed by atoms with Crippen molar-refractivity contribution in [3.63, 3.8) is 0 Å². The zero-order chi connectivity index (χ0) is 24.7. The third-order valence-corrected chi connectivity index (χ3v) is 5.82. The van der Waals surface area contributed by atoms with Crippen molar-refractivity contribution in [1.29, 1.82) is 5.26 Å². The Kier molecular flexibility index (Phi) is 8.22. The summed E-state index contributed by atoms with van der Waals surface area (Å²) in [6, 6.07) is 13.6. The molecule has 3 aromatic rings. The van der Waals surface area contributed by atoms with Gasteiger partial charge < -0.3 is 19.9 Å². The number of aliphatic hydroxyl groups excluding tert-OH is 1. The van der Waals surface area contributed by atoms with Gasteiger partial charge in [-0.3, -0.25) is 10.1 Å². The first-order valence-electron chi connectivity index (χ1n) is 11.4. The van der Waals surface area contributed by atoms with E-state index in [2.05, 4.69) is 15.6 Å². The van der Waals surface area contributed by atoms with Crippen LogP contribution >= 0.6 is 0 Å². The molecule has 3 rings (SSSR count). The number of aryl methyl sites for hydroxylation is 1. The Labute approximate surface area is 199 Å². The molecule has 3 N–H and O–H groups in total. The highest BCUT2D eigenvalue weighted by molar-refractivity contribution is 6.00. The Morgan fingerprint density at radius 2 is 1.85 bits per heavy atom. The molecule has 0 radical (unpaired) electrons. The second-order valence-electron chi connectivity index (χ2n) is 8.02. The summed E-state index contributed by atoms with van der Waals surface area (Å²) in [6.45, 7) is 4.47. The smallest absolute Gasteiger partial charge is 0.326 e. The molecule has 0 bridgehead atoms. The summed E-state index contributed by atoms with van der Waals surface area (Å²) in [5, 5.41) is 23.7. The fourth-order valence-corrected chi connectivity index (χ4v) is 3.81. The van der Waals surface area contributed by atoms with Gasteiger partial charge in [0, 0.05) is 37.5 Å². The van der Waals surface area contributed by atoms with Crippen molar-refractivity contribution in [3.05, 3.63) is 48.0 Å². The molecule has 9 heteroatoms. The van der Waals surface area contributed by atoms with Gasteiger partial charge in [-0.15, -0.1) is 0 Å². The van der Waals surface area contributed by atoms with Crippen molar-refractivity contribution in [2.24, 2.45) is 5.92 Å². The molecule has 0 unspecified atom stereocenters. The lowest BCUT2D eigenvalue weighted by molar-refractivity contribution is -0.122. The van der Waals surface area contributed by atoms with Crippen LogP contribution in [0.4, 0.5) is 22.1 Å². The van der Waals surface area contributed by atoms with Gasteiger partial charge >= 0.3 is 6.03 Å². The number of urea groups is 1. The maximum Gasteiger partial charge on any atom is 0.326 e. The molecule has 1 aromatic heterocycles. The van der Waals surface area contributed by atoms with Crippen molar-refractivity contribution in [3.8, 4) is 6.07 Å². The highest BCUT2D eigenvalue weighted by Gasteiger charge is 2.21. The summed E-state index contributed by atoms with van der Waals surface area (Å²) < 4.78 is 1.83. The lowest BCUT2D eigenvalue weighted by atomic mass is 10.0. The number of carbonyl (C=O) groups excluding carboxylic acids is 2. The minimum atomic E-state index is -0.480. The molecule has 9 nitrogen and oxygen atoms in total. The average molecular weight is 463 g/mol. The molecule has 34 heavy (non-hydrogen) atoms. The molecular weight excluding hydrogens is 432 g/mol. The van der Waals surface area contributed by atoms with Gasteiger partial charge in [0.15, 0.2) is 0 Å². The Bertz CT molecular complexity index is 1190. The van der Waals surface area contributed by atoms with Crippen LogP contribution in [-0.4, -0.2) is 40.3 Å². The van der Waals surface area contributed by atoms with Crippen molar-refractivity contribution >= 4 is 40.3 Å². The normalized spacial score (nSPS) is 10.8. The minimum absolute atomic E-state index is 0.00129. The van der Waals surface area contributed by atoms with E-state index in [9.17, 15) is 14.7 Å². The first-order chi connectivity index (χ1) is 16.4. The van der Waals surface area contributed by atoms with E-state index in [1.165, 1.54) is 0 Å². The molecule has 0 spiro atoms. The second-order valence-corrected chi connectivity index (χ2v) is 8.02. The number of hydrogen-bond acceptors (Lipinski definition) is 5. The van der Waals surface area contributed by atoms with E-state index >= 15 is 0 Å². The van der Waals surface area contributed by atoms with Gasteiger partial charge in [0.1, 0.15) is 0 Å². The van der Waals surface area contributed by atoms with Crippen molar-refractivity contribution in [2.75, 3.05) is 29.2 Å². The molecule has 0 saturated heterocycles. The first kappa shape index (κ1) is 24.7. The monoisotopic (exact) mass is 462 g/mol. The van der Waals surface area contributed by atoms with Crippen LogP contribution in [0.2, 0.25) is 0 Å². The largest absolute Gasteiger partial charge is 0.396 e. The number of benzene rings is 2. The maximum atomic E-state index is 12.8. The summed E-state index contributed by atoms with van der Waals surface area (Å²) >= 11 is 0. The number of hydrogen-bond donors (Lipinski definition) is 3. The van der Waals surface area contributed by atoms with Gasteiger partial charge in [0.2, 0.25) is 11.9 Å². The number of rotatable bonds is 9. The standard InChI is InChI=1S/C25H30N6O3/c1-4-18(5-2)23(33)30(3)20-11-12-22-21(15-20)28-24(31(22)13-6-14-32)29-25(34)27-19-9-7-17(16-26)8-10-19/h7-12,15,18,32H,4-6,13-14H2,1-3H3,(H2,27,28,29,34). The average Bonchev–Trinajstić information content (AvgIpc) is 3.19. The summed E-state index contributed by atoms with van der Waals surface area (Å²) in [4.78, 5) is 31.6. The molecule has 3 amide bonds. The zero-order valence-electron chi connectivity index (χ0n) is 19.7. The molecule has 0 fully saturated rings. The molecule has 2 aromatic carbocycles. The highest BCUT2D eigenvalue weighted by atomic mass is 16.3. The minimum Gasteiger partial charge on any atom is -0.396 e. The summed E-state index contributed by atoms with van der Waals surface area (Å²) in [7, 11) is 1.76. The maximum absolute atomic E-state index is 12.8. The van der Waals surface area contributed by atoms with Crippen LogP contribution in [0.3, 0.4) is 0 Å². The lowest BCUT2D eigenvalue weighted by Crippen LogP contribution is -2.32. The quantitative estimate of drug-likeness (QED) is 0.437. The van der Waals surface area contributed by atoms with E-state index in [4.69, 9.17) is 5.26 Å². The Morgan fingerprint density at radius 3 is 2.47 bits per heavy atom. The third kappa shape index (κ3) is 5.53. The fraction of sp³-hybridized carbons (Fsp3) is 0.360. The third-order valence-electron chi connectivity index (χ3n) is 5.82. The van der Waals surface area contributed by atoms with E-state index in [0.29, 0.717) is 35.7 Å². The fourth-order valence-electron chi connectivity index (χ4n) is 3.81. The second kappa shape index (κ2) is 11.3. The number of nitriles is 1. The van der Waals surface area contributed by atoms with Gasteiger partial charge in [0.25, 0.3) is 0 Å². The summed E-state index contributed by atoms with van der Waals surface area (Å²) in [5.74, 6) is 0.357. The SMILES string of the molecule is CCC(CC)C(=O)N(C)c1ccc2c(c1)nc(NC(=O)Nc1ccc(C#N)cc1)n2CCCO. The van der Waals surface area contributed by atoms with Gasteiger partial charge in [-0.2, -0.15) is 5.26 Å². The van der Waals surface area contributed by atoms with E-state index in [0.717, 1.165) is 24.0 Å². The van der Waals surface area contributed by atoms with Gasteiger partial charge in [-0.25, -0.2) is 9.78 Å². The van der Waals surface area contributed by atoms with Gasteiger partial charge in [0.05, 0.1) is 22.7 Å². The number of imidazole rings is 1. The van der Waals surface area contributed by atoms with Crippen LogP contribution in [0.1, 0.15) is 38.7 Å². The number of nitrogens with zero attached hydrogens (tertiary/aromatic N) is 4.